The van der Waals surface area contributed by atoms with Crippen LogP contribution in [-0.2, 0) is 17.1 Å². The molecule has 21 heavy (non-hydrogen) atoms. The van der Waals surface area contributed by atoms with E-state index in [0.29, 0.717) is 13.1 Å². The lowest BCUT2D eigenvalue weighted by molar-refractivity contribution is 0.285. The van der Waals surface area contributed by atoms with E-state index < -0.39 is 10.0 Å². The number of aryl methyl sites for hydroxylation is 1. The number of sulfonamides is 1. The van der Waals surface area contributed by atoms with Crippen molar-refractivity contribution in [3.8, 4) is 0 Å². The third-order valence-corrected chi connectivity index (χ3v) is 6.31. The molecule has 0 aliphatic carbocycles. The van der Waals surface area contributed by atoms with Gasteiger partial charge in [-0.1, -0.05) is 26.0 Å². The summed E-state index contributed by atoms with van der Waals surface area (Å²) >= 11 is 3.16. The van der Waals surface area contributed by atoms with E-state index in [4.69, 9.17) is 0 Å². The van der Waals surface area contributed by atoms with Crippen LogP contribution in [-0.4, -0.2) is 65.3 Å². The number of rotatable bonds is 9. The SMILES string of the molecule is CCN(CC)CCCN(CC)S(=O)(=O)c1c(Br)nnn1C. The van der Waals surface area contributed by atoms with Crippen LogP contribution in [0.2, 0.25) is 0 Å². The molecule has 0 saturated carbocycles. The summed E-state index contributed by atoms with van der Waals surface area (Å²) in [5.41, 5.74) is 0. The van der Waals surface area contributed by atoms with Gasteiger partial charge < -0.3 is 4.90 Å². The third-order valence-electron chi connectivity index (χ3n) is 3.45. The normalized spacial score (nSPS) is 12.5. The molecular formula is C12H24BrN5O2S. The first-order valence-corrected chi connectivity index (χ1v) is 9.39. The second-order valence-electron chi connectivity index (χ2n) is 4.69. The molecule has 0 bridgehead atoms. The average Bonchev–Trinajstić information content (AvgIpc) is 2.78. The molecule has 0 amide bonds. The fourth-order valence-electron chi connectivity index (χ4n) is 2.18. The molecule has 1 rings (SSSR count). The zero-order chi connectivity index (χ0) is 16.0. The number of halogens is 1. The monoisotopic (exact) mass is 381 g/mol. The first-order chi connectivity index (χ1) is 9.88. The number of hydrogen-bond donors (Lipinski definition) is 0. The van der Waals surface area contributed by atoms with Crippen LogP contribution in [0.4, 0.5) is 0 Å². The molecule has 0 spiro atoms. The Morgan fingerprint density at radius 3 is 2.19 bits per heavy atom. The molecule has 0 fully saturated rings. The van der Waals surface area contributed by atoms with E-state index in [1.54, 1.807) is 7.05 Å². The molecule has 0 aromatic carbocycles. The van der Waals surface area contributed by atoms with Crippen molar-refractivity contribution in [3.05, 3.63) is 4.60 Å². The van der Waals surface area contributed by atoms with Crippen molar-refractivity contribution < 1.29 is 8.42 Å². The molecule has 0 N–H and O–H groups in total. The highest BCUT2D eigenvalue weighted by Gasteiger charge is 2.29. The van der Waals surface area contributed by atoms with E-state index >= 15 is 0 Å². The summed E-state index contributed by atoms with van der Waals surface area (Å²) in [6, 6.07) is 0. The predicted octanol–water partition coefficient (Wildman–Crippen LogP) is 1.32. The number of nitrogens with zero attached hydrogens (tertiary/aromatic N) is 5. The predicted molar refractivity (Wildman–Crippen MR) is 85.5 cm³/mol. The summed E-state index contributed by atoms with van der Waals surface area (Å²) in [4.78, 5) is 2.28. The highest BCUT2D eigenvalue weighted by molar-refractivity contribution is 9.10. The smallest absolute Gasteiger partial charge is 0.263 e. The van der Waals surface area contributed by atoms with E-state index in [2.05, 4.69) is 45.0 Å². The Kier molecular flexibility index (Phi) is 7.25. The first-order valence-electron chi connectivity index (χ1n) is 7.16. The molecule has 7 nitrogen and oxygen atoms in total. The van der Waals surface area contributed by atoms with Crippen molar-refractivity contribution in [2.45, 2.75) is 32.2 Å². The standard InChI is InChI=1S/C12H24BrN5O2S/c1-5-17(6-2)9-8-10-18(7-3)21(19,20)12-11(13)14-15-16(12)4/h5-10H2,1-4H3. The summed E-state index contributed by atoms with van der Waals surface area (Å²) in [5, 5.41) is 7.59. The van der Waals surface area contributed by atoms with Crippen molar-refractivity contribution in [3.63, 3.8) is 0 Å². The highest BCUT2D eigenvalue weighted by Crippen LogP contribution is 2.22. The van der Waals surface area contributed by atoms with E-state index in [1.807, 2.05) is 6.92 Å². The largest absolute Gasteiger partial charge is 0.304 e. The van der Waals surface area contributed by atoms with Gasteiger partial charge in [-0.25, -0.2) is 13.1 Å². The van der Waals surface area contributed by atoms with Crippen LogP contribution >= 0.6 is 15.9 Å². The Hall–Kier alpha value is -0.510. The lowest BCUT2D eigenvalue weighted by atomic mass is 10.3. The van der Waals surface area contributed by atoms with Gasteiger partial charge in [0.05, 0.1) is 0 Å². The van der Waals surface area contributed by atoms with Crippen LogP contribution in [0, 0.1) is 0 Å². The molecule has 1 aromatic heterocycles. The zero-order valence-corrected chi connectivity index (χ0v) is 15.5. The van der Waals surface area contributed by atoms with Crippen LogP contribution in [0.3, 0.4) is 0 Å². The molecule has 0 aliphatic heterocycles. The molecule has 122 valence electrons. The van der Waals surface area contributed by atoms with E-state index in [9.17, 15) is 8.42 Å². The summed E-state index contributed by atoms with van der Waals surface area (Å²) in [5.74, 6) is 0. The van der Waals surface area contributed by atoms with Crippen molar-refractivity contribution >= 4 is 26.0 Å². The van der Waals surface area contributed by atoms with Crippen LogP contribution in [0.15, 0.2) is 9.63 Å². The molecule has 1 heterocycles. The minimum absolute atomic E-state index is 0.104. The minimum Gasteiger partial charge on any atom is -0.304 e. The maximum atomic E-state index is 12.7. The lowest BCUT2D eigenvalue weighted by Gasteiger charge is -2.23. The maximum absolute atomic E-state index is 12.7. The fourth-order valence-corrected chi connectivity index (χ4v) is 4.70. The summed E-state index contributed by atoms with van der Waals surface area (Å²) in [6.45, 7) is 9.83. The van der Waals surface area contributed by atoms with E-state index in [0.717, 1.165) is 26.1 Å². The minimum atomic E-state index is -3.57. The van der Waals surface area contributed by atoms with E-state index in [1.165, 1.54) is 8.99 Å². The Morgan fingerprint density at radius 1 is 1.14 bits per heavy atom. The molecule has 0 radical (unpaired) electrons. The Morgan fingerprint density at radius 2 is 1.76 bits per heavy atom. The first kappa shape index (κ1) is 18.5. The van der Waals surface area contributed by atoms with Gasteiger partial charge in [0.25, 0.3) is 10.0 Å². The summed E-state index contributed by atoms with van der Waals surface area (Å²) in [6.07, 6.45) is 0.803. The van der Waals surface area contributed by atoms with Gasteiger partial charge in [-0.2, -0.15) is 4.31 Å². The Labute approximate surface area is 135 Å². The Bertz CT molecular complexity index is 522. The van der Waals surface area contributed by atoms with Gasteiger partial charge in [0, 0.05) is 20.1 Å². The van der Waals surface area contributed by atoms with Crippen molar-refractivity contribution in [2.75, 3.05) is 32.7 Å². The summed E-state index contributed by atoms with van der Waals surface area (Å²) in [7, 11) is -2.00. The molecule has 0 aliphatic rings. The molecule has 0 saturated heterocycles. The fraction of sp³-hybridized carbons (Fsp3) is 0.833. The van der Waals surface area contributed by atoms with Gasteiger partial charge >= 0.3 is 0 Å². The summed E-state index contributed by atoms with van der Waals surface area (Å²) < 4.78 is 28.3. The Balaban J connectivity index is 2.80. The topological polar surface area (TPSA) is 71.3 Å². The van der Waals surface area contributed by atoms with Crippen molar-refractivity contribution in [2.24, 2.45) is 7.05 Å². The van der Waals surface area contributed by atoms with Crippen LogP contribution in [0.5, 0.6) is 0 Å². The molecular weight excluding hydrogens is 358 g/mol. The maximum Gasteiger partial charge on any atom is 0.263 e. The highest BCUT2D eigenvalue weighted by atomic mass is 79.9. The molecule has 0 atom stereocenters. The number of hydrogen-bond acceptors (Lipinski definition) is 5. The van der Waals surface area contributed by atoms with Crippen molar-refractivity contribution in [1.82, 2.24) is 24.2 Å². The van der Waals surface area contributed by atoms with Gasteiger partial charge in [-0.05, 0) is 42.0 Å². The van der Waals surface area contributed by atoms with Gasteiger partial charge in [-0.3, -0.25) is 0 Å². The average molecular weight is 382 g/mol. The van der Waals surface area contributed by atoms with Crippen LogP contribution in [0.1, 0.15) is 27.2 Å². The van der Waals surface area contributed by atoms with Gasteiger partial charge in [0.15, 0.2) is 4.60 Å². The van der Waals surface area contributed by atoms with Crippen LogP contribution < -0.4 is 0 Å². The van der Waals surface area contributed by atoms with Gasteiger partial charge in [0.1, 0.15) is 0 Å². The van der Waals surface area contributed by atoms with Crippen LogP contribution in [0.25, 0.3) is 0 Å². The van der Waals surface area contributed by atoms with Gasteiger partial charge in [-0.15, -0.1) is 5.10 Å². The molecule has 1 aromatic rings. The second-order valence-corrected chi connectivity index (χ2v) is 7.29. The zero-order valence-electron chi connectivity index (χ0n) is 13.1. The van der Waals surface area contributed by atoms with Crippen molar-refractivity contribution in [1.29, 1.82) is 0 Å². The second kappa shape index (κ2) is 8.21. The lowest BCUT2D eigenvalue weighted by Crippen LogP contribution is -2.35. The van der Waals surface area contributed by atoms with E-state index in [-0.39, 0.29) is 9.63 Å². The molecule has 0 unspecified atom stereocenters. The van der Waals surface area contributed by atoms with Gasteiger partial charge in [0.2, 0.25) is 5.03 Å². The quantitative estimate of drug-likeness (QED) is 0.644. The number of aromatic nitrogens is 3. The molecule has 9 heteroatoms. The third kappa shape index (κ3) is 4.48.